The van der Waals surface area contributed by atoms with Crippen LogP contribution in [0.3, 0.4) is 0 Å². The quantitative estimate of drug-likeness (QED) is 0.692. The fourth-order valence-electron chi connectivity index (χ4n) is 2.84. The third kappa shape index (κ3) is 5.39. The number of hydrogen-bond acceptors (Lipinski definition) is 5. The molecule has 0 unspecified atom stereocenters. The van der Waals surface area contributed by atoms with Gasteiger partial charge in [-0.1, -0.05) is 19.1 Å². The molecule has 0 aliphatic heterocycles. The highest BCUT2D eigenvalue weighted by molar-refractivity contribution is 7.92. The van der Waals surface area contributed by atoms with Crippen LogP contribution in [-0.2, 0) is 21.4 Å². The Morgan fingerprint density at radius 2 is 1.50 bits per heavy atom. The number of nitrogens with zero attached hydrogens (tertiary/aromatic N) is 1. The molecule has 28 heavy (non-hydrogen) atoms. The highest BCUT2D eigenvalue weighted by Crippen LogP contribution is 2.25. The van der Waals surface area contributed by atoms with Crippen molar-refractivity contribution in [2.24, 2.45) is 0 Å². The lowest BCUT2D eigenvalue weighted by atomic mass is 10.1. The van der Waals surface area contributed by atoms with Crippen LogP contribution >= 0.6 is 0 Å². The number of carbonyl (C=O) groups is 1. The summed E-state index contributed by atoms with van der Waals surface area (Å²) in [5.74, 6) is 0.970. The molecule has 0 saturated heterocycles. The summed E-state index contributed by atoms with van der Waals surface area (Å²) in [5.41, 5.74) is 1.30. The first-order chi connectivity index (χ1) is 13.3. The summed E-state index contributed by atoms with van der Waals surface area (Å²) >= 11 is 0. The van der Waals surface area contributed by atoms with Crippen LogP contribution in [0.2, 0.25) is 0 Å². The van der Waals surface area contributed by atoms with Crippen molar-refractivity contribution in [3.8, 4) is 11.5 Å². The van der Waals surface area contributed by atoms with E-state index in [-0.39, 0.29) is 5.91 Å². The van der Waals surface area contributed by atoms with Crippen LogP contribution < -0.4 is 19.1 Å². The molecule has 0 aromatic heterocycles. The van der Waals surface area contributed by atoms with E-state index in [1.165, 1.54) is 7.11 Å². The Hall–Kier alpha value is -2.74. The number of nitrogens with one attached hydrogen (secondary N) is 1. The molecule has 7 nitrogen and oxygen atoms in total. The summed E-state index contributed by atoms with van der Waals surface area (Å²) in [6.45, 7) is 2.07. The van der Waals surface area contributed by atoms with Crippen LogP contribution in [0.5, 0.6) is 11.5 Å². The molecule has 0 aliphatic rings. The molecular weight excluding hydrogens is 380 g/mol. The molecule has 152 valence electrons. The molecule has 2 rings (SSSR count). The molecule has 0 saturated carbocycles. The maximum Gasteiger partial charge on any atom is 0.244 e. The van der Waals surface area contributed by atoms with Gasteiger partial charge in [-0.15, -0.1) is 0 Å². The summed E-state index contributed by atoms with van der Waals surface area (Å²) in [5, 5.41) is 2.82. The van der Waals surface area contributed by atoms with Gasteiger partial charge in [0, 0.05) is 6.54 Å². The van der Waals surface area contributed by atoms with E-state index in [4.69, 9.17) is 9.47 Å². The van der Waals surface area contributed by atoms with Gasteiger partial charge in [-0.3, -0.25) is 9.10 Å². The first-order valence-corrected chi connectivity index (χ1v) is 10.7. The van der Waals surface area contributed by atoms with Crippen LogP contribution in [0, 0.1) is 0 Å². The number of benzene rings is 2. The van der Waals surface area contributed by atoms with Crippen molar-refractivity contribution < 1.29 is 22.7 Å². The number of amides is 1. The highest BCUT2D eigenvalue weighted by Gasteiger charge is 2.31. The van der Waals surface area contributed by atoms with Gasteiger partial charge in [0.05, 0.1) is 26.2 Å². The number of hydrogen-bond donors (Lipinski definition) is 1. The van der Waals surface area contributed by atoms with Gasteiger partial charge in [-0.05, 0) is 48.4 Å². The molecular formula is C20H26N2O5S. The minimum absolute atomic E-state index is 0.291. The molecule has 2 aromatic carbocycles. The number of anilines is 1. The zero-order chi connectivity index (χ0) is 20.7. The maximum absolute atomic E-state index is 12.8. The van der Waals surface area contributed by atoms with E-state index in [0.717, 1.165) is 21.9 Å². The molecule has 0 aliphatic carbocycles. The largest absolute Gasteiger partial charge is 0.497 e. The van der Waals surface area contributed by atoms with Gasteiger partial charge in [0.1, 0.15) is 17.5 Å². The summed E-state index contributed by atoms with van der Waals surface area (Å²) in [4.78, 5) is 12.8. The van der Waals surface area contributed by atoms with Gasteiger partial charge in [0.25, 0.3) is 0 Å². The molecule has 1 amide bonds. The van der Waals surface area contributed by atoms with Crippen molar-refractivity contribution in [3.63, 3.8) is 0 Å². The first-order valence-electron chi connectivity index (χ1n) is 8.84. The molecule has 0 spiro atoms. The molecule has 1 atom stereocenters. The van der Waals surface area contributed by atoms with E-state index in [0.29, 0.717) is 24.4 Å². The molecule has 0 fully saturated rings. The fourth-order valence-corrected chi connectivity index (χ4v) is 4.05. The van der Waals surface area contributed by atoms with Gasteiger partial charge in [-0.25, -0.2) is 8.42 Å². The number of methoxy groups -OCH3 is 2. The Kier molecular flexibility index (Phi) is 7.28. The predicted octanol–water partition coefficient (Wildman–Crippen LogP) is 2.56. The average molecular weight is 407 g/mol. The predicted molar refractivity (Wildman–Crippen MR) is 109 cm³/mol. The smallest absolute Gasteiger partial charge is 0.244 e. The lowest BCUT2D eigenvalue weighted by Gasteiger charge is -2.30. The monoisotopic (exact) mass is 406 g/mol. The van der Waals surface area contributed by atoms with E-state index >= 15 is 0 Å². The Balaban J connectivity index is 2.20. The number of rotatable bonds is 9. The summed E-state index contributed by atoms with van der Waals surface area (Å²) in [6.07, 6.45) is 1.42. The Bertz CT molecular complexity index is 880. The van der Waals surface area contributed by atoms with E-state index in [9.17, 15) is 13.2 Å². The van der Waals surface area contributed by atoms with Crippen molar-refractivity contribution in [2.75, 3.05) is 24.8 Å². The Morgan fingerprint density at radius 3 is 1.93 bits per heavy atom. The zero-order valence-corrected chi connectivity index (χ0v) is 17.3. The van der Waals surface area contributed by atoms with Gasteiger partial charge >= 0.3 is 0 Å². The van der Waals surface area contributed by atoms with Crippen LogP contribution in [0.15, 0.2) is 48.5 Å². The molecule has 0 bridgehead atoms. The Morgan fingerprint density at radius 1 is 1.00 bits per heavy atom. The second kappa shape index (κ2) is 9.45. The first kappa shape index (κ1) is 21.6. The van der Waals surface area contributed by atoms with Gasteiger partial charge in [0.2, 0.25) is 15.9 Å². The van der Waals surface area contributed by atoms with E-state index in [2.05, 4.69) is 5.32 Å². The van der Waals surface area contributed by atoms with E-state index in [1.807, 2.05) is 12.1 Å². The molecule has 2 aromatic rings. The van der Waals surface area contributed by atoms with Gasteiger partial charge in [0.15, 0.2) is 0 Å². The SMILES string of the molecule is CC[C@@H](C(=O)NCc1ccc(OC)cc1)N(c1ccc(OC)cc1)S(C)(=O)=O. The zero-order valence-electron chi connectivity index (χ0n) is 16.5. The summed E-state index contributed by atoms with van der Waals surface area (Å²) < 4.78 is 36.3. The van der Waals surface area contributed by atoms with Crippen molar-refractivity contribution in [1.82, 2.24) is 5.32 Å². The van der Waals surface area contributed by atoms with Crippen LogP contribution in [0.25, 0.3) is 0 Å². The number of sulfonamides is 1. The lowest BCUT2D eigenvalue weighted by Crippen LogP contribution is -2.49. The third-order valence-electron chi connectivity index (χ3n) is 4.28. The Labute approximate surface area is 166 Å². The van der Waals surface area contributed by atoms with Crippen LogP contribution in [0.4, 0.5) is 5.69 Å². The van der Waals surface area contributed by atoms with Gasteiger partial charge in [-0.2, -0.15) is 0 Å². The average Bonchev–Trinajstić information content (AvgIpc) is 2.69. The minimum atomic E-state index is -3.67. The van der Waals surface area contributed by atoms with Crippen molar-refractivity contribution >= 4 is 21.6 Å². The fraction of sp³-hybridized carbons (Fsp3) is 0.350. The summed E-state index contributed by atoms with van der Waals surface area (Å²) in [6, 6.07) is 13.0. The topological polar surface area (TPSA) is 84.9 Å². The van der Waals surface area contributed by atoms with Gasteiger partial charge < -0.3 is 14.8 Å². The third-order valence-corrected chi connectivity index (χ3v) is 5.46. The minimum Gasteiger partial charge on any atom is -0.497 e. The molecule has 0 heterocycles. The second-order valence-electron chi connectivity index (χ2n) is 6.25. The molecule has 1 N–H and O–H groups in total. The normalized spacial score (nSPS) is 12.1. The van der Waals surface area contributed by atoms with Crippen molar-refractivity contribution in [3.05, 3.63) is 54.1 Å². The van der Waals surface area contributed by atoms with Crippen LogP contribution in [-0.4, -0.2) is 40.8 Å². The molecule has 8 heteroatoms. The molecule has 0 radical (unpaired) electrons. The van der Waals surface area contributed by atoms with Crippen LogP contribution in [0.1, 0.15) is 18.9 Å². The summed E-state index contributed by atoms with van der Waals surface area (Å²) in [7, 11) is -0.553. The van der Waals surface area contributed by atoms with Crippen molar-refractivity contribution in [2.45, 2.75) is 25.9 Å². The standard InChI is InChI=1S/C20H26N2O5S/c1-5-19(20(23)21-14-15-6-10-17(26-2)11-7-15)22(28(4,24)25)16-8-12-18(27-3)13-9-16/h6-13,19H,5,14H2,1-4H3,(H,21,23)/t19-/m0/s1. The highest BCUT2D eigenvalue weighted by atomic mass is 32.2. The lowest BCUT2D eigenvalue weighted by molar-refractivity contribution is -0.122. The second-order valence-corrected chi connectivity index (χ2v) is 8.11. The number of carbonyl (C=O) groups excluding carboxylic acids is 1. The van der Waals surface area contributed by atoms with E-state index < -0.39 is 16.1 Å². The van der Waals surface area contributed by atoms with Crippen molar-refractivity contribution in [1.29, 1.82) is 0 Å². The van der Waals surface area contributed by atoms with E-state index in [1.54, 1.807) is 50.4 Å². The number of ether oxygens (including phenoxy) is 2. The maximum atomic E-state index is 12.8.